The van der Waals surface area contributed by atoms with Gasteiger partial charge in [-0.2, -0.15) is 15.0 Å². The van der Waals surface area contributed by atoms with E-state index >= 15 is 0 Å². The highest BCUT2D eigenvalue weighted by molar-refractivity contribution is 6.95. The molecule has 64 heavy (non-hydrogen) atoms. The second kappa shape index (κ2) is 14.6. The number of benzene rings is 9. The Labute approximate surface area is 370 Å². The van der Waals surface area contributed by atoms with Crippen LogP contribution < -0.4 is 15.6 Å². The van der Waals surface area contributed by atoms with Gasteiger partial charge in [0, 0.05) is 37.9 Å². The van der Waals surface area contributed by atoms with Crippen molar-refractivity contribution in [1.82, 2.24) is 28.7 Å². The van der Waals surface area contributed by atoms with Gasteiger partial charge in [0.25, 0.3) is 0 Å². The molecule has 0 fully saturated rings. The first-order valence-electron chi connectivity index (χ1n) is 21.6. The van der Waals surface area contributed by atoms with Crippen molar-refractivity contribution in [3.05, 3.63) is 224 Å². The fourth-order valence-corrected chi connectivity index (χ4v) is 12.5. The summed E-state index contributed by atoms with van der Waals surface area (Å²) in [4.78, 5) is 16.3. The molecule has 4 heterocycles. The molecule has 13 aromatic rings. The minimum atomic E-state index is -1.32. The fourth-order valence-electron chi connectivity index (χ4n) is 9.89. The number of aromatic nitrogens is 6. The second-order valence-corrected chi connectivity index (χ2v) is 18.7. The Hall–Kier alpha value is -8.39. The summed E-state index contributed by atoms with van der Waals surface area (Å²) in [6, 6.07) is 80.3. The molecule has 0 bridgehead atoms. The maximum atomic E-state index is 5.54. The third kappa shape index (κ3) is 5.61. The van der Waals surface area contributed by atoms with Crippen LogP contribution >= 0.6 is 0 Å². The first-order chi connectivity index (χ1) is 31.8. The molecule has 0 aliphatic rings. The van der Waals surface area contributed by atoms with Gasteiger partial charge in [0.15, 0.2) is 14.6 Å². The van der Waals surface area contributed by atoms with Crippen LogP contribution in [0.3, 0.4) is 0 Å². The molecule has 4 aromatic heterocycles. The van der Waals surface area contributed by atoms with Crippen molar-refractivity contribution < 1.29 is 0 Å². The molecule has 0 atom stereocenters. The normalized spacial score (nSPS) is 11.9. The SMILES string of the molecule is c1ccc(-c2nc(-n3c4ccccc4c4cc([Si](c5ccccc5)c5ccccc5)ccc43)nc(-n3c4ccccc4c4cccc(-n5c6ccccc6c6ccccc65)c43)n2)cc1. The molecular weight excluding hydrogens is 797 g/mol. The summed E-state index contributed by atoms with van der Waals surface area (Å²) in [5.74, 6) is 1.70. The monoisotopic (exact) mass is 833 g/mol. The van der Waals surface area contributed by atoms with Crippen LogP contribution in [-0.4, -0.2) is 37.4 Å². The molecule has 299 valence electrons. The summed E-state index contributed by atoms with van der Waals surface area (Å²) in [7, 11) is -1.32. The third-order valence-electron chi connectivity index (χ3n) is 12.6. The molecule has 7 heteroatoms. The van der Waals surface area contributed by atoms with Crippen molar-refractivity contribution in [2.75, 3.05) is 0 Å². The molecule has 1 radical (unpaired) electrons. The Bertz CT molecular complexity index is 3820. The van der Waals surface area contributed by atoms with Crippen LogP contribution in [0.15, 0.2) is 224 Å². The number of nitrogens with zero attached hydrogens (tertiary/aromatic N) is 6. The van der Waals surface area contributed by atoms with Gasteiger partial charge in [-0.1, -0.05) is 198 Å². The van der Waals surface area contributed by atoms with Crippen LogP contribution in [0.25, 0.3) is 94.4 Å². The molecule has 13 rings (SSSR count). The number of para-hydroxylation sites is 5. The maximum absolute atomic E-state index is 5.54. The van der Waals surface area contributed by atoms with Crippen molar-refractivity contribution >= 4 is 89.8 Å². The van der Waals surface area contributed by atoms with Crippen LogP contribution in [0.5, 0.6) is 0 Å². The predicted octanol–water partition coefficient (Wildman–Crippen LogP) is 11.3. The van der Waals surface area contributed by atoms with Crippen LogP contribution in [-0.2, 0) is 0 Å². The van der Waals surface area contributed by atoms with Crippen molar-refractivity contribution in [3.8, 4) is 29.0 Å². The van der Waals surface area contributed by atoms with Gasteiger partial charge in [0.2, 0.25) is 11.9 Å². The smallest absolute Gasteiger partial charge is 0.240 e. The highest BCUT2D eigenvalue weighted by Crippen LogP contribution is 2.40. The van der Waals surface area contributed by atoms with Gasteiger partial charge in [-0.05, 0) is 41.6 Å². The van der Waals surface area contributed by atoms with Crippen molar-refractivity contribution in [3.63, 3.8) is 0 Å². The molecule has 0 saturated heterocycles. The molecular formula is C57H37N6Si. The third-order valence-corrected chi connectivity index (χ3v) is 15.3. The zero-order valence-electron chi connectivity index (χ0n) is 34.5. The van der Waals surface area contributed by atoms with Crippen molar-refractivity contribution in [2.24, 2.45) is 0 Å². The Balaban J connectivity index is 1.10. The standard InChI is InChI=1S/C57H37N6Si/c1-4-19-38(20-5-1)55-58-56(62-50-32-16-13-28-45(50)47-37-41(35-36-52(47)62)64(39-21-6-2-7-22-39)40-23-8-3-9-24-40)60-57(59-55)63-51-33-17-12-27-44(51)46-29-18-34-53(54(46)63)61-48-30-14-10-25-42(48)43-26-11-15-31-49(43)61/h1-37H. The largest absolute Gasteiger partial charge is 0.307 e. The molecule has 9 aromatic carbocycles. The molecule has 0 amide bonds. The highest BCUT2D eigenvalue weighted by atomic mass is 28.3. The maximum Gasteiger partial charge on any atom is 0.240 e. The Morgan fingerprint density at radius 2 is 0.734 bits per heavy atom. The van der Waals surface area contributed by atoms with Gasteiger partial charge < -0.3 is 4.57 Å². The minimum absolute atomic E-state index is 0.546. The summed E-state index contributed by atoms with van der Waals surface area (Å²) < 4.78 is 6.88. The molecule has 0 saturated carbocycles. The van der Waals surface area contributed by atoms with E-state index in [1.165, 1.54) is 26.3 Å². The lowest BCUT2D eigenvalue weighted by molar-refractivity contribution is 0.891. The fraction of sp³-hybridized carbons (Fsp3) is 0. The highest BCUT2D eigenvalue weighted by Gasteiger charge is 2.25. The van der Waals surface area contributed by atoms with E-state index in [1.807, 2.05) is 18.2 Å². The number of rotatable bonds is 7. The van der Waals surface area contributed by atoms with E-state index in [0.717, 1.165) is 65.9 Å². The van der Waals surface area contributed by atoms with Crippen LogP contribution in [0.1, 0.15) is 0 Å². The molecule has 0 aliphatic heterocycles. The number of hydrogen-bond acceptors (Lipinski definition) is 3. The van der Waals surface area contributed by atoms with Crippen LogP contribution in [0, 0.1) is 0 Å². The number of hydrogen-bond donors (Lipinski definition) is 0. The predicted molar refractivity (Wildman–Crippen MR) is 266 cm³/mol. The summed E-state index contributed by atoms with van der Waals surface area (Å²) >= 11 is 0. The van der Waals surface area contributed by atoms with E-state index in [2.05, 4.69) is 220 Å². The summed E-state index contributed by atoms with van der Waals surface area (Å²) in [5, 5.41) is 11.0. The Kier molecular flexibility index (Phi) is 8.29. The molecule has 0 spiro atoms. The van der Waals surface area contributed by atoms with Gasteiger partial charge in [-0.3, -0.25) is 9.13 Å². The van der Waals surface area contributed by atoms with Gasteiger partial charge in [0.05, 0.1) is 38.8 Å². The lowest BCUT2D eigenvalue weighted by Gasteiger charge is -2.17. The topological polar surface area (TPSA) is 53.5 Å². The number of fused-ring (bicyclic) bond motifs is 9. The summed E-state index contributed by atoms with van der Waals surface area (Å²) in [6.07, 6.45) is 0. The molecule has 0 aliphatic carbocycles. The average molecular weight is 834 g/mol. The Morgan fingerprint density at radius 3 is 1.33 bits per heavy atom. The molecule has 0 N–H and O–H groups in total. The van der Waals surface area contributed by atoms with Gasteiger partial charge in [0.1, 0.15) is 0 Å². The second-order valence-electron chi connectivity index (χ2n) is 16.2. The first kappa shape index (κ1) is 36.3. The average Bonchev–Trinajstić information content (AvgIpc) is 4.01. The Morgan fingerprint density at radius 1 is 0.297 bits per heavy atom. The van der Waals surface area contributed by atoms with E-state index < -0.39 is 8.80 Å². The molecule has 6 nitrogen and oxygen atoms in total. The van der Waals surface area contributed by atoms with Gasteiger partial charge in [-0.25, -0.2) is 0 Å². The first-order valence-corrected chi connectivity index (χ1v) is 23.1. The quantitative estimate of drug-likeness (QED) is 0.119. The summed E-state index contributed by atoms with van der Waals surface area (Å²) in [6.45, 7) is 0. The van der Waals surface area contributed by atoms with Crippen LogP contribution in [0.2, 0.25) is 0 Å². The lowest BCUT2D eigenvalue weighted by Crippen LogP contribution is -2.51. The van der Waals surface area contributed by atoms with Crippen molar-refractivity contribution in [2.45, 2.75) is 0 Å². The minimum Gasteiger partial charge on any atom is -0.307 e. The van der Waals surface area contributed by atoms with Gasteiger partial charge in [-0.15, -0.1) is 0 Å². The van der Waals surface area contributed by atoms with E-state index in [4.69, 9.17) is 15.0 Å². The zero-order chi connectivity index (χ0) is 42.1. The van der Waals surface area contributed by atoms with E-state index in [9.17, 15) is 0 Å². The van der Waals surface area contributed by atoms with Crippen molar-refractivity contribution in [1.29, 1.82) is 0 Å². The zero-order valence-corrected chi connectivity index (χ0v) is 35.5. The van der Waals surface area contributed by atoms with E-state index in [0.29, 0.717) is 17.7 Å². The van der Waals surface area contributed by atoms with E-state index in [-0.39, 0.29) is 0 Å². The van der Waals surface area contributed by atoms with Gasteiger partial charge >= 0.3 is 0 Å². The van der Waals surface area contributed by atoms with Crippen LogP contribution in [0.4, 0.5) is 0 Å². The van der Waals surface area contributed by atoms with E-state index in [1.54, 1.807) is 0 Å². The molecule has 0 unspecified atom stereocenters. The summed E-state index contributed by atoms with van der Waals surface area (Å²) in [5.41, 5.74) is 8.36. The lowest BCUT2D eigenvalue weighted by atomic mass is 10.1.